The van der Waals surface area contributed by atoms with E-state index in [1.807, 2.05) is 0 Å². The number of amides is 1. The van der Waals surface area contributed by atoms with E-state index in [4.69, 9.17) is 0 Å². The fraction of sp³-hybridized carbons (Fsp3) is 0.556. The van der Waals surface area contributed by atoms with Crippen molar-refractivity contribution >= 4 is 17.3 Å². The highest BCUT2D eigenvalue weighted by Gasteiger charge is 2.30. The lowest BCUT2D eigenvalue weighted by atomic mass is 9.69. The van der Waals surface area contributed by atoms with Crippen LogP contribution in [0.1, 0.15) is 63.2 Å². The lowest BCUT2D eigenvalue weighted by molar-refractivity contribution is -0.385. The van der Waals surface area contributed by atoms with E-state index in [1.54, 1.807) is 6.07 Å². The Hall–Kier alpha value is -2.24. The normalized spacial score (nSPS) is 18.1. The Morgan fingerprint density at radius 2 is 1.96 bits per heavy atom. The average Bonchev–Trinajstić information content (AvgIpc) is 2.60. The number of carbonyl (C=O) groups excluding carboxylic acids is 1. The van der Waals surface area contributed by atoms with E-state index in [2.05, 4.69) is 31.3 Å². The smallest absolute Gasteiger partial charge is 0.267 e. The summed E-state index contributed by atoms with van der Waals surface area (Å²) in [6.45, 7) is 6.82. The molecule has 1 aromatic carbocycles. The molecule has 0 saturated heterocycles. The van der Waals surface area contributed by atoms with Gasteiger partial charge in [0.1, 0.15) is 5.56 Å². The van der Waals surface area contributed by atoms with Crippen molar-refractivity contribution < 1.29 is 9.72 Å². The third-order valence-electron chi connectivity index (χ3n) is 5.24. The molecule has 0 heterocycles. The summed E-state index contributed by atoms with van der Waals surface area (Å²) in [6, 6.07) is 5.90. The second-order valence-corrected chi connectivity index (χ2v) is 7.01. The number of hydrazone groups is 1. The number of rotatable bonds is 5. The van der Waals surface area contributed by atoms with Crippen LogP contribution in [0.25, 0.3) is 0 Å². The number of nitro benzene ring substituents is 1. The Morgan fingerprint density at radius 3 is 2.54 bits per heavy atom. The highest BCUT2D eigenvalue weighted by molar-refractivity contribution is 5.98. The second kappa shape index (κ2) is 7.55. The molecule has 6 heteroatoms. The van der Waals surface area contributed by atoms with Gasteiger partial charge in [-0.2, -0.15) is 5.10 Å². The maximum atomic E-state index is 12.2. The molecule has 1 saturated carbocycles. The lowest BCUT2D eigenvalue weighted by Gasteiger charge is -2.36. The molecule has 1 N–H and O–H groups in total. The minimum Gasteiger partial charge on any atom is -0.267 e. The minimum absolute atomic E-state index is 0.0349. The van der Waals surface area contributed by atoms with E-state index in [1.165, 1.54) is 18.2 Å². The van der Waals surface area contributed by atoms with Crippen molar-refractivity contribution in [1.29, 1.82) is 0 Å². The second-order valence-electron chi connectivity index (χ2n) is 7.01. The maximum Gasteiger partial charge on any atom is 0.282 e. The molecule has 1 fully saturated rings. The van der Waals surface area contributed by atoms with Crippen LogP contribution < -0.4 is 5.43 Å². The van der Waals surface area contributed by atoms with Crippen molar-refractivity contribution in [3.8, 4) is 0 Å². The molecule has 0 spiro atoms. The summed E-state index contributed by atoms with van der Waals surface area (Å²) >= 11 is 0. The van der Waals surface area contributed by atoms with Crippen molar-refractivity contribution in [3.05, 3.63) is 39.9 Å². The van der Waals surface area contributed by atoms with Gasteiger partial charge < -0.3 is 0 Å². The van der Waals surface area contributed by atoms with Gasteiger partial charge in [0.05, 0.1) is 4.92 Å². The maximum absolute atomic E-state index is 12.2. The Labute approximate surface area is 142 Å². The van der Waals surface area contributed by atoms with Gasteiger partial charge in [0.2, 0.25) is 0 Å². The summed E-state index contributed by atoms with van der Waals surface area (Å²) < 4.78 is 0. The highest BCUT2D eigenvalue weighted by atomic mass is 16.6. The van der Waals surface area contributed by atoms with Crippen LogP contribution in [-0.2, 0) is 0 Å². The Kier molecular flexibility index (Phi) is 5.70. The van der Waals surface area contributed by atoms with Crippen LogP contribution >= 0.6 is 0 Å². The van der Waals surface area contributed by atoms with E-state index < -0.39 is 10.8 Å². The van der Waals surface area contributed by atoms with Crippen LogP contribution in [-0.4, -0.2) is 16.5 Å². The molecule has 6 nitrogen and oxygen atoms in total. The van der Waals surface area contributed by atoms with Gasteiger partial charge in [-0.3, -0.25) is 14.9 Å². The summed E-state index contributed by atoms with van der Waals surface area (Å²) in [5, 5.41) is 15.2. The molecule has 2 rings (SSSR count). The molecule has 0 aliphatic heterocycles. The van der Waals surface area contributed by atoms with Crippen LogP contribution in [0, 0.1) is 21.4 Å². The van der Waals surface area contributed by atoms with Crippen LogP contribution in [0.3, 0.4) is 0 Å². The first-order chi connectivity index (χ1) is 11.3. The molecule has 130 valence electrons. The quantitative estimate of drug-likeness (QED) is 0.644. The molecule has 1 aliphatic rings. The molecule has 0 bridgehead atoms. The summed E-state index contributed by atoms with van der Waals surface area (Å²) in [5.41, 5.74) is 3.60. The predicted molar refractivity (Wildman–Crippen MR) is 94.0 cm³/mol. The first-order valence-electron chi connectivity index (χ1n) is 8.44. The van der Waals surface area contributed by atoms with E-state index in [9.17, 15) is 14.9 Å². The molecule has 0 atom stereocenters. The summed E-state index contributed by atoms with van der Waals surface area (Å²) in [7, 11) is 0. The molecule has 24 heavy (non-hydrogen) atoms. The van der Waals surface area contributed by atoms with Gasteiger partial charge in [0.15, 0.2) is 0 Å². The fourth-order valence-electron chi connectivity index (χ4n) is 3.15. The number of carbonyl (C=O) groups is 1. The first kappa shape index (κ1) is 18.1. The molecule has 1 aliphatic carbocycles. The molecule has 0 radical (unpaired) electrons. The SMILES string of the molecule is CCC(C)(C)C1CCC(=NNC(=O)c2ccccc2[N+](=O)[O-])CC1. The van der Waals surface area contributed by atoms with E-state index in [0.717, 1.165) is 37.8 Å². The highest BCUT2D eigenvalue weighted by Crippen LogP contribution is 2.39. The average molecular weight is 331 g/mol. The topological polar surface area (TPSA) is 84.6 Å². The van der Waals surface area contributed by atoms with Gasteiger partial charge in [0.25, 0.3) is 11.6 Å². The molecule has 0 aromatic heterocycles. The number of nitrogens with zero attached hydrogens (tertiary/aromatic N) is 2. The zero-order valence-corrected chi connectivity index (χ0v) is 14.5. The van der Waals surface area contributed by atoms with Crippen LogP contribution in [0.4, 0.5) is 5.69 Å². The molecule has 1 amide bonds. The summed E-state index contributed by atoms with van der Waals surface area (Å²) in [4.78, 5) is 22.6. The lowest BCUT2D eigenvalue weighted by Crippen LogP contribution is -2.29. The fourth-order valence-corrected chi connectivity index (χ4v) is 3.15. The Morgan fingerprint density at radius 1 is 1.33 bits per heavy atom. The number of para-hydroxylation sites is 1. The van der Waals surface area contributed by atoms with Gasteiger partial charge in [-0.05, 0) is 43.1 Å². The van der Waals surface area contributed by atoms with Gasteiger partial charge >= 0.3 is 0 Å². The van der Waals surface area contributed by atoms with Crippen LogP contribution in [0.5, 0.6) is 0 Å². The number of nitrogens with one attached hydrogen (secondary N) is 1. The zero-order chi connectivity index (χ0) is 17.7. The molecule has 1 aromatic rings. The minimum atomic E-state index is -0.555. The number of hydrogen-bond donors (Lipinski definition) is 1. The van der Waals surface area contributed by atoms with Crippen LogP contribution in [0.2, 0.25) is 0 Å². The monoisotopic (exact) mass is 331 g/mol. The first-order valence-corrected chi connectivity index (χ1v) is 8.44. The predicted octanol–water partition coefficient (Wildman–Crippen LogP) is 4.31. The van der Waals surface area contributed by atoms with Crippen molar-refractivity contribution in [2.24, 2.45) is 16.4 Å². The number of benzene rings is 1. The third-order valence-corrected chi connectivity index (χ3v) is 5.24. The Balaban J connectivity index is 1.98. The Bertz CT molecular complexity index is 643. The zero-order valence-electron chi connectivity index (χ0n) is 14.5. The van der Waals surface area contributed by atoms with Crippen molar-refractivity contribution in [2.45, 2.75) is 52.9 Å². The molecular formula is C18H25N3O3. The molecular weight excluding hydrogens is 306 g/mol. The summed E-state index contributed by atoms with van der Waals surface area (Å²) in [6.07, 6.45) is 5.02. The largest absolute Gasteiger partial charge is 0.282 e. The molecule has 0 unspecified atom stereocenters. The van der Waals surface area contributed by atoms with Gasteiger partial charge in [-0.15, -0.1) is 0 Å². The number of hydrogen-bond acceptors (Lipinski definition) is 4. The van der Waals surface area contributed by atoms with Gasteiger partial charge in [-0.25, -0.2) is 5.43 Å². The van der Waals surface area contributed by atoms with Gasteiger partial charge in [0, 0.05) is 11.8 Å². The third kappa shape index (κ3) is 4.19. The van der Waals surface area contributed by atoms with Crippen molar-refractivity contribution in [3.63, 3.8) is 0 Å². The summed E-state index contributed by atoms with van der Waals surface area (Å²) in [5.74, 6) is 0.137. The van der Waals surface area contributed by atoms with E-state index in [0.29, 0.717) is 11.3 Å². The van der Waals surface area contributed by atoms with Gasteiger partial charge in [-0.1, -0.05) is 39.3 Å². The standard InChI is InChI=1S/C18H25N3O3/c1-4-18(2,3)13-9-11-14(12-10-13)19-20-17(22)15-7-5-6-8-16(15)21(23)24/h5-8,13H,4,9-12H2,1-3H3,(H,20,22). The van der Waals surface area contributed by atoms with E-state index in [-0.39, 0.29) is 11.3 Å². The number of nitro groups is 1. The van der Waals surface area contributed by atoms with Crippen molar-refractivity contribution in [1.82, 2.24) is 5.43 Å². The van der Waals surface area contributed by atoms with E-state index >= 15 is 0 Å². The van der Waals surface area contributed by atoms with Crippen molar-refractivity contribution in [2.75, 3.05) is 0 Å². The van der Waals surface area contributed by atoms with Crippen LogP contribution in [0.15, 0.2) is 29.4 Å².